The summed E-state index contributed by atoms with van der Waals surface area (Å²) in [5.74, 6) is 0. The van der Waals surface area contributed by atoms with Gasteiger partial charge in [0, 0.05) is 14.2 Å². The number of rotatable bonds is 6. The minimum Gasteiger partial charge on any atom is -0.354 e. The maximum Gasteiger partial charge on any atom is 0.252 e. The Labute approximate surface area is 115 Å². The van der Waals surface area contributed by atoms with Crippen molar-refractivity contribution in [1.29, 1.82) is 0 Å². The Bertz CT molecular complexity index is 499. The Morgan fingerprint density at radius 3 is 2.33 bits per heavy atom. The van der Waals surface area contributed by atoms with Gasteiger partial charge in [0.25, 0.3) is 10.0 Å². The summed E-state index contributed by atoms with van der Waals surface area (Å²) in [5, 5.41) is 0. The van der Waals surface area contributed by atoms with Gasteiger partial charge in [0.05, 0.1) is 11.7 Å². The van der Waals surface area contributed by atoms with Crippen molar-refractivity contribution in [2.24, 2.45) is 0 Å². The minimum atomic E-state index is -3.67. The maximum atomic E-state index is 12.1. The first-order chi connectivity index (χ1) is 8.31. The summed E-state index contributed by atoms with van der Waals surface area (Å²) in [5.41, 5.74) is 0.371. The molecule has 0 aliphatic rings. The van der Waals surface area contributed by atoms with Crippen molar-refractivity contribution in [3.05, 3.63) is 10.2 Å². The Morgan fingerprint density at radius 2 is 1.94 bits per heavy atom. The molecule has 0 bridgehead atoms. The SMILES string of the molecule is COC(OC)C(C)NS(=O)(=O)c1sc(Cl)nc1C. The topological polar surface area (TPSA) is 77.5 Å². The number of nitrogens with zero attached hydrogens (tertiary/aromatic N) is 1. The number of hydrogen-bond donors (Lipinski definition) is 1. The van der Waals surface area contributed by atoms with Gasteiger partial charge in [-0.25, -0.2) is 18.1 Å². The molecule has 1 unspecified atom stereocenters. The van der Waals surface area contributed by atoms with Crippen LogP contribution in [0.1, 0.15) is 12.6 Å². The number of aryl methyl sites for hydroxylation is 1. The zero-order valence-corrected chi connectivity index (χ0v) is 12.8. The molecule has 18 heavy (non-hydrogen) atoms. The largest absolute Gasteiger partial charge is 0.354 e. The zero-order valence-electron chi connectivity index (χ0n) is 10.4. The Morgan fingerprint density at radius 1 is 1.39 bits per heavy atom. The zero-order chi connectivity index (χ0) is 13.9. The first kappa shape index (κ1) is 15.8. The van der Waals surface area contributed by atoms with Crippen molar-refractivity contribution < 1.29 is 17.9 Å². The lowest BCUT2D eigenvalue weighted by Gasteiger charge is -2.21. The highest BCUT2D eigenvalue weighted by Gasteiger charge is 2.27. The number of thiazole rings is 1. The van der Waals surface area contributed by atoms with Crippen LogP contribution >= 0.6 is 22.9 Å². The number of sulfonamides is 1. The van der Waals surface area contributed by atoms with Gasteiger partial charge >= 0.3 is 0 Å². The van der Waals surface area contributed by atoms with Gasteiger partial charge in [0.15, 0.2) is 15.0 Å². The van der Waals surface area contributed by atoms with E-state index in [0.29, 0.717) is 5.69 Å². The minimum absolute atomic E-state index is 0.102. The summed E-state index contributed by atoms with van der Waals surface area (Å²) in [6.07, 6.45) is -0.663. The lowest BCUT2D eigenvalue weighted by atomic mass is 10.3. The van der Waals surface area contributed by atoms with E-state index in [2.05, 4.69) is 9.71 Å². The van der Waals surface area contributed by atoms with Crippen molar-refractivity contribution >= 4 is 33.0 Å². The molecule has 0 aliphatic heterocycles. The third-order valence-electron chi connectivity index (χ3n) is 2.19. The van der Waals surface area contributed by atoms with Crippen LogP contribution in [0.25, 0.3) is 0 Å². The molecular weight excluding hydrogens is 300 g/mol. The molecule has 1 atom stereocenters. The lowest BCUT2D eigenvalue weighted by Crippen LogP contribution is -2.42. The fraction of sp³-hybridized carbons (Fsp3) is 0.667. The Hall–Kier alpha value is -0.250. The van der Waals surface area contributed by atoms with Gasteiger partial charge in [-0.15, -0.1) is 0 Å². The summed E-state index contributed by atoms with van der Waals surface area (Å²) in [6.45, 7) is 3.24. The average molecular weight is 315 g/mol. The van der Waals surface area contributed by atoms with Gasteiger partial charge in [0.2, 0.25) is 0 Å². The second-order valence-corrected chi connectivity index (χ2v) is 7.08. The molecule has 0 aliphatic carbocycles. The molecule has 1 rings (SSSR count). The first-order valence-corrected chi connectivity index (χ1v) is 7.70. The molecule has 1 heterocycles. The Kier molecular flexibility index (Phi) is 5.50. The molecule has 9 heteroatoms. The second kappa shape index (κ2) is 6.27. The summed E-state index contributed by atoms with van der Waals surface area (Å²) < 4.78 is 36.9. The van der Waals surface area contributed by atoms with Crippen molar-refractivity contribution in [2.75, 3.05) is 14.2 Å². The number of aromatic nitrogens is 1. The quantitative estimate of drug-likeness (QED) is 0.803. The molecule has 0 saturated heterocycles. The highest BCUT2D eigenvalue weighted by Crippen LogP contribution is 2.26. The van der Waals surface area contributed by atoms with Gasteiger partial charge < -0.3 is 9.47 Å². The van der Waals surface area contributed by atoms with E-state index in [4.69, 9.17) is 21.1 Å². The van der Waals surface area contributed by atoms with E-state index in [-0.39, 0.29) is 8.68 Å². The monoisotopic (exact) mass is 314 g/mol. The van der Waals surface area contributed by atoms with Crippen LogP contribution < -0.4 is 4.72 Å². The standard InChI is InChI=1S/C9H15ClN2O4S2/c1-5(7(15-3)16-4)12-18(13,14)8-6(2)11-9(10)17-8/h5,7,12H,1-4H3. The van der Waals surface area contributed by atoms with Crippen molar-refractivity contribution in [3.8, 4) is 0 Å². The van der Waals surface area contributed by atoms with E-state index in [9.17, 15) is 8.42 Å². The van der Waals surface area contributed by atoms with Crippen LogP contribution in [0, 0.1) is 6.92 Å². The fourth-order valence-electron chi connectivity index (χ4n) is 1.46. The summed E-state index contributed by atoms with van der Waals surface area (Å²) in [6, 6.07) is -0.537. The highest BCUT2D eigenvalue weighted by molar-refractivity contribution is 7.91. The van der Waals surface area contributed by atoms with Crippen LogP contribution in [-0.4, -0.2) is 40.0 Å². The van der Waals surface area contributed by atoms with Crippen LogP contribution in [0.4, 0.5) is 0 Å². The third-order valence-corrected chi connectivity index (χ3v) is 5.62. The molecule has 1 N–H and O–H groups in total. The summed E-state index contributed by atoms with van der Waals surface area (Å²) in [7, 11) is -0.796. The molecule has 6 nitrogen and oxygen atoms in total. The maximum absolute atomic E-state index is 12.1. The van der Waals surface area contributed by atoms with Gasteiger partial charge in [-0.2, -0.15) is 0 Å². The van der Waals surface area contributed by atoms with Crippen LogP contribution in [-0.2, 0) is 19.5 Å². The lowest BCUT2D eigenvalue weighted by molar-refractivity contribution is -0.115. The number of nitrogens with one attached hydrogen (secondary N) is 1. The van der Waals surface area contributed by atoms with Crippen LogP contribution in [0.2, 0.25) is 4.47 Å². The van der Waals surface area contributed by atoms with E-state index in [0.717, 1.165) is 11.3 Å². The molecule has 0 saturated carbocycles. The molecule has 104 valence electrons. The molecule has 1 aromatic heterocycles. The summed E-state index contributed by atoms with van der Waals surface area (Å²) >= 11 is 6.60. The van der Waals surface area contributed by atoms with Crippen molar-refractivity contribution in [3.63, 3.8) is 0 Å². The smallest absolute Gasteiger partial charge is 0.252 e. The number of halogens is 1. The highest BCUT2D eigenvalue weighted by atomic mass is 35.5. The molecule has 0 amide bonds. The van der Waals surface area contributed by atoms with Crippen LogP contribution in [0.5, 0.6) is 0 Å². The van der Waals surface area contributed by atoms with Gasteiger partial charge in [-0.1, -0.05) is 22.9 Å². The van der Waals surface area contributed by atoms with E-state index in [1.165, 1.54) is 14.2 Å². The van der Waals surface area contributed by atoms with E-state index in [1.807, 2.05) is 0 Å². The predicted molar refractivity (Wildman–Crippen MR) is 69.5 cm³/mol. The number of ether oxygens (including phenoxy) is 2. The fourth-order valence-corrected chi connectivity index (χ4v) is 4.44. The van der Waals surface area contributed by atoms with E-state index >= 15 is 0 Å². The Balaban J connectivity index is 2.92. The molecule has 0 radical (unpaired) electrons. The van der Waals surface area contributed by atoms with Crippen molar-refractivity contribution in [2.45, 2.75) is 30.4 Å². The van der Waals surface area contributed by atoms with E-state index in [1.54, 1.807) is 13.8 Å². The molecule has 0 spiro atoms. The second-order valence-electron chi connectivity index (χ2n) is 3.59. The molecule has 0 aromatic carbocycles. The van der Waals surface area contributed by atoms with Gasteiger partial charge in [-0.05, 0) is 13.8 Å². The van der Waals surface area contributed by atoms with Gasteiger partial charge in [-0.3, -0.25) is 0 Å². The summed E-state index contributed by atoms with van der Waals surface area (Å²) in [4.78, 5) is 3.87. The molecular formula is C9H15ClN2O4S2. The molecule has 0 fully saturated rings. The average Bonchev–Trinajstić information content (AvgIpc) is 2.59. The predicted octanol–water partition coefficient (Wildman–Crippen LogP) is 1.39. The van der Waals surface area contributed by atoms with Gasteiger partial charge in [0.1, 0.15) is 0 Å². The molecule has 1 aromatic rings. The third kappa shape index (κ3) is 3.62. The van der Waals surface area contributed by atoms with E-state index < -0.39 is 22.4 Å². The first-order valence-electron chi connectivity index (χ1n) is 5.02. The number of methoxy groups -OCH3 is 2. The normalized spacial score (nSPS) is 14.1. The number of hydrogen-bond acceptors (Lipinski definition) is 6. The van der Waals surface area contributed by atoms with Crippen LogP contribution in [0.3, 0.4) is 0 Å². The van der Waals surface area contributed by atoms with Crippen LogP contribution in [0.15, 0.2) is 4.21 Å². The van der Waals surface area contributed by atoms with Crippen molar-refractivity contribution in [1.82, 2.24) is 9.71 Å².